The summed E-state index contributed by atoms with van der Waals surface area (Å²) in [5.41, 5.74) is 0.107. The minimum atomic E-state index is -0.691. The fourth-order valence-corrected chi connectivity index (χ4v) is 1.81. The minimum Gasteiger partial charge on any atom is -0.494 e. The second kappa shape index (κ2) is 6.37. The molecule has 0 fully saturated rings. The Labute approximate surface area is 125 Å². The molecule has 0 atom stereocenters. The molecule has 0 bridgehead atoms. The number of hydrogen-bond acceptors (Lipinski definition) is 4. The lowest BCUT2D eigenvalue weighted by Crippen LogP contribution is -2.14. The summed E-state index contributed by atoms with van der Waals surface area (Å²) in [5, 5.41) is 21.2. The lowest BCUT2D eigenvalue weighted by atomic mass is 10.1. The van der Waals surface area contributed by atoms with Gasteiger partial charge >= 0.3 is 6.03 Å². The molecule has 0 saturated heterocycles. The van der Waals surface area contributed by atoms with Crippen LogP contribution >= 0.6 is 0 Å². The number of benzene rings is 1. The van der Waals surface area contributed by atoms with Gasteiger partial charge < -0.3 is 10.4 Å². The fourth-order valence-electron chi connectivity index (χ4n) is 1.81. The van der Waals surface area contributed by atoms with Crippen LogP contribution in [0, 0.1) is 18.3 Å². The molecule has 110 valence electrons. The Kier molecular flexibility index (Phi) is 4.34. The van der Waals surface area contributed by atoms with Crippen molar-refractivity contribution >= 4 is 17.9 Å². The molecule has 1 aromatic heterocycles. The Morgan fingerprint density at radius 1 is 1.41 bits per heavy atom. The summed E-state index contributed by atoms with van der Waals surface area (Å²) in [7, 11) is 0. The quantitative estimate of drug-likeness (QED) is 0.733. The van der Waals surface area contributed by atoms with Crippen LogP contribution in [0.15, 0.2) is 40.1 Å². The lowest BCUT2D eigenvalue weighted by Gasteiger charge is -2.04. The van der Waals surface area contributed by atoms with Crippen LogP contribution in [-0.2, 0) is 0 Å². The van der Waals surface area contributed by atoms with Crippen LogP contribution < -0.4 is 10.9 Å². The van der Waals surface area contributed by atoms with Gasteiger partial charge in [0, 0.05) is 11.9 Å². The van der Waals surface area contributed by atoms with E-state index in [1.54, 1.807) is 30.3 Å². The van der Waals surface area contributed by atoms with E-state index in [0.717, 1.165) is 6.21 Å². The average Bonchev–Trinajstić information content (AvgIpc) is 2.48. The van der Waals surface area contributed by atoms with E-state index in [4.69, 9.17) is 5.26 Å². The van der Waals surface area contributed by atoms with E-state index in [9.17, 15) is 14.7 Å². The highest BCUT2D eigenvalue weighted by atomic mass is 16.3. The first-order valence-electron chi connectivity index (χ1n) is 6.29. The molecule has 7 nitrogen and oxygen atoms in total. The molecule has 1 aromatic carbocycles. The Bertz CT molecular complexity index is 832. The summed E-state index contributed by atoms with van der Waals surface area (Å²) in [6, 6.07) is 9.82. The van der Waals surface area contributed by atoms with E-state index < -0.39 is 17.5 Å². The van der Waals surface area contributed by atoms with E-state index in [1.165, 1.54) is 6.92 Å². The average molecular weight is 296 g/mol. The van der Waals surface area contributed by atoms with Gasteiger partial charge in [-0.3, -0.25) is 9.78 Å². The van der Waals surface area contributed by atoms with Crippen molar-refractivity contribution in [2.75, 3.05) is 5.32 Å². The van der Waals surface area contributed by atoms with Crippen molar-refractivity contribution in [2.24, 2.45) is 4.99 Å². The fraction of sp³-hybridized carbons (Fsp3) is 0.0667. The number of nitrogens with one attached hydrogen (secondary N) is 2. The molecular weight excluding hydrogens is 284 g/mol. The van der Waals surface area contributed by atoms with Gasteiger partial charge in [0.15, 0.2) is 0 Å². The van der Waals surface area contributed by atoms with Gasteiger partial charge in [-0.2, -0.15) is 5.26 Å². The number of carbonyl (C=O) groups is 1. The number of rotatable bonds is 2. The second-order valence-electron chi connectivity index (χ2n) is 4.38. The van der Waals surface area contributed by atoms with Crippen molar-refractivity contribution in [3.63, 3.8) is 0 Å². The third-order valence-corrected chi connectivity index (χ3v) is 2.94. The van der Waals surface area contributed by atoms with Crippen LogP contribution in [0.5, 0.6) is 5.88 Å². The van der Waals surface area contributed by atoms with Crippen molar-refractivity contribution in [2.45, 2.75) is 6.92 Å². The zero-order chi connectivity index (χ0) is 16.1. The van der Waals surface area contributed by atoms with Crippen LogP contribution in [0.2, 0.25) is 0 Å². The summed E-state index contributed by atoms with van der Waals surface area (Å²) in [4.78, 5) is 28.9. The van der Waals surface area contributed by atoms with Crippen molar-refractivity contribution in [3.05, 3.63) is 57.4 Å². The van der Waals surface area contributed by atoms with E-state index in [-0.39, 0.29) is 16.7 Å². The molecule has 2 aromatic rings. The van der Waals surface area contributed by atoms with E-state index in [0.29, 0.717) is 5.69 Å². The van der Waals surface area contributed by atoms with Crippen LogP contribution in [0.4, 0.5) is 10.5 Å². The summed E-state index contributed by atoms with van der Waals surface area (Å²) < 4.78 is 0. The number of aromatic hydroxyl groups is 1. The zero-order valence-electron chi connectivity index (χ0n) is 11.6. The highest BCUT2D eigenvalue weighted by molar-refractivity contribution is 5.99. The van der Waals surface area contributed by atoms with Gasteiger partial charge in [-0.05, 0) is 24.6 Å². The van der Waals surface area contributed by atoms with E-state index in [1.807, 2.05) is 6.07 Å². The number of para-hydroxylation sites is 1. The number of urea groups is 1. The highest BCUT2D eigenvalue weighted by Gasteiger charge is 2.12. The largest absolute Gasteiger partial charge is 0.494 e. The van der Waals surface area contributed by atoms with Gasteiger partial charge in [-0.15, -0.1) is 0 Å². The summed E-state index contributed by atoms with van der Waals surface area (Å²) in [6.07, 6.45) is 1.10. The molecule has 0 aliphatic rings. The molecule has 0 spiro atoms. The Balaban J connectivity index is 2.26. The summed E-state index contributed by atoms with van der Waals surface area (Å²) >= 11 is 0. The number of nitriles is 1. The predicted octanol–water partition coefficient (Wildman–Crippen LogP) is 1.91. The number of nitrogens with zero attached hydrogens (tertiary/aromatic N) is 2. The van der Waals surface area contributed by atoms with Crippen molar-refractivity contribution < 1.29 is 9.90 Å². The molecule has 0 aliphatic carbocycles. The third kappa shape index (κ3) is 3.19. The van der Waals surface area contributed by atoms with Crippen LogP contribution in [0.3, 0.4) is 0 Å². The van der Waals surface area contributed by atoms with Gasteiger partial charge in [0.2, 0.25) is 5.88 Å². The number of aromatic amines is 1. The molecule has 2 amide bonds. The smallest absolute Gasteiger partial charge is 0.345 e. The molecule has 0 saturated carbocycles. The second-order valence-corrected chi connectivity index (χ2v) is 4.38. The number of aliphatic imine (C=N–C) groups is 1. The van der Waals surface area contributed by atoms with Gasteiger partial charge in [0.1, 0.15) is 11.6 Å². The molecule has 1 heterocycles. The number of H-pyrrole nitrogens is 1. The minimum absolute atomic E-state index is 0.111. The van der Waals surface area contributed by atoms with Gasteiger partial charge in [-0.1, -0.05) is 18.2 Å². The predicted molar refractivity (Wildman–Crippen MR) is 81.2 cm³/mol. The van der Waals surface area contributed by atoms with Crippen molar-refractivity contribution in [1.29, 1.82) is 5.26 Å². The molecule has 2 rings (SSSR count). The van der Waals surface area contributed by atoms with Crippen LogP contribution in [0.1, 0.15) is 16.7 Å². The normalized spacial score (nSPS) is 10.4. The summed E-state index contributed by atoms with van der Waals surface area (Å²) in [6.45, 7) is 1.49. The van der Waals surface area contributed by atoms with Crippen molar-refractivity contribution in [3.8, 4) is 11.9 Å². The number of carbonyl (C=O) groups excluding carboxylic acids is 1. The maximum atomic E-state index is 11.7. The maximum absolute atomic E-state index is 11.7. The first-order valence-corrected chi connectivity index (χ1v) is 6.29. The molecule has 22 heavy (non-hydrogen) atoms. The van der Waals surface area contributed by atoms with E-state index >= 15 is 0 Å². The molecule has 7 heteroatoms. The number of pyridine rings is 1. The molecular formula is C15H12N4O3. The first-order chi connectivity index (χ1) is 10.5. The lowest BCUT2D eigenvalue weighted by molar-refractivity contribution is 0.259. The Morgan fingerprint density at radius 3 is 2.73 bits per heavy atom. The Morgan fingerprint density at radius 2 is 2.09 bits per heavy atom. The molecule has 0 aliphatic heterocycles. The number of anilines is 1. The van der Waals surface area contributed by atoms with E-state index in [2.05, 4.69) is 15.3 Å². The molecule has 3 N–H and O–H groups in total. The molecule has 0 radical (unpaired) electrons. The SMILES string of the molecule is Cc1c(C=NC(=O)Nc2ccccc2)c(O)[nH]c(=O)c1C#N. The first kappa shape index (κ1) is 15.0. The van der Waals surface area contributed by atoms with Gasteiger partial charge in [-0.25, -0.2) is 9.79 Å². The topological polar surface area (TPSA) is 118 Å². The highest BCUT2D eigenvalue weighted by Crippen LogP contribution is 2.16. The van der Waals surface area contributed by atoms with Crippen LogP contribution in [-0.4, -0.2) is 22.3 Å². The summed E-state index contributed by atoms with van der Waals surface area (Å²) in [5.74, 6) is -0.447. The van der Waals surface area contributed by atoms with Crippen molar-refractivity contribution in [1.82, 2.24) is 4.98 Å². The number of amides is 2. The van der Waals surface area contributed by atoms with Gasteiger partial charge in [0.25, 0.3) is 5.56 Å². The monoisotopic (exact) mass is 296 g/mol. The molecule has 0 unspecified atom stereocenters. The Hall–Kier alpha value is -3.40. The maximum Gasteiger partial charge on any atom is 0.345 e. The zero-order valence-corrected chi connectivity index (χ0v) is 11.6. The number of aromatic nitrogens is 1. The third-order valence-electron chi connectivity index (χ3n) is 2.94. The standard InChI is InChI=1S/C15H12N4O3/c1-9-11(7-16)13(20)19-14(21)12(9)8-17-15(22)18-10-5-3-2-4-6-10/h2-6,8H,1H3,(H,18,22)(H2,19,20,21). The number of hydrogen-bond donors (Lipinski definition) is 3. The van der Waals surface area contributed by atoms with Crippen LogP contribution in [0.25, 0.3) is 0 Å². The van der Waals surface area contributed by atoms with Gasteiger partial charge in [0.05, 0.1) is 5.56 Å².